The predicted octanol–water partition coefficient (Wildman–Crippen LogP) is 3.98. The molecule has 0 aliphatic rings. The average Bonchev–Trinajstić information content (AvgIpc) is 2.67. The summed E-state index contributed by atoms with van der Waals surface area (Å²) in [6.07, 6.45) is 0. The van der Waals surface area contributed by atoms with E-state index in [4.69, 9.17) is 4.74 Å². The van der Waals surface area contributed by atoms with Crippen LogP contribution in [0.25, 0.3) is 11.4 Å². The summed E-state index contributed by atoms with van der Waals surface area (Å²) < 4.78 is 5.55. The molecule has 0 saturated heterocycles. The third-order valence-corrected chi connectivity index (χ3v) is 4.04. The fraction of sp³-hybridized carbons (Fsp3) is 0.182. The summed E-state index contributed by atoms with van der Waals surface area (Å²) in [5.41, 5.74) is 3.85. The third kappa shape index (κ3) is 5.01. The van der Waals surface area contributed by atoms with Gasteiger partial charge in [-0.2, -0.15) is 4.98 Å². The highest BCUT2D eigenvalue weighted by Gasteiger charge is 2.09. The number of Topliss-reactive ketones (excluding diaryl/α,β-unsaturated/α-hetero) is 1. The summed E-state index contributed by atoms with van der Waals surface area (Å²) in [4.78, 5) is 32.4. The number of ether oxygens (including phenoxy) is 1. The molecular formula is C22H21N3O3. The SMILES string of the molecule is CC(=O)c1cccc(NC(=O)COc2cc(C)nc(-c3ccc(C)cc3)n2)c1. The summed E-state index contributed by atoms with van der Waals surface area (Å²) in [5, 5.41) is 2.72. The number of aryl methyl sites for hydroxylation is 2. The smallest absolute Gasteiger partial charge is 0.262 e. The lowest BCUT2D eigenvalue weighted by Gasteiger charge is -2.09. The van der Waals surface area contributed by atoms with Crippen LogP contribution in [-0.4, -0.2) is 28.3 Å². The standard InChI is InChI=1S/C22H21N3O3/c1-14-7-9-17(10-8-14)22-23-15(2)11-21(25-22)28-13-20(27)24-19-6-4-5-18(12-19)16(3)26/h4-12H,13H2,1-3H3,(H,24,27). The van der Waals surface area contributed by atoms with Crippen molar-refractivity contribution in [2.45, 2.75) is 20.8 Å². The normalized spacial score (nSPS) is 10.4. The predicted molar refractivity (Wildman–Crippen MR) is 108 cm³/mol. The molecule has 1 heterocycles. The zero-order chi connectivity index (χ0) is 20.1. The maximum absolute atomic E-state index is 12.2. The van der Waals surface area contributed by atoms with Gasteiger partial charge in [0.2, 0.25) is 5.88 Å². The molecule has 6 nitrogen and oxygen atoms in total. The van der Waals surface area contributed by atoms with E-state index in [9.17, 15) is 9.59 Å². The first-order chi connectivity index (χ1) is 13.4. The molecule has 0 unspecified atom stereocenters. The summed E-state index contributed by atoms with van der Waals surface area (Å²) in [7, 11) is 0. The molecule has 0 aliphatic heterocycles. The molecule has 1 N–H and O–H groups in total. The minimum atomic E-state index is -0.339. The quantitative estimate of drug-likeness (QED) is 0.659. The van der Waals surface area contributed by atoms with Gasteiger partial charge in [0, 0.05) is 28.6 Å². The van der Waals surface area contributed by atoms with E-state index in [0.717, 1.165) is 16.8 Å². The largest absolute Gasteiger partial charge is 0.467 e. The van der Waals surface area contributed by atoms with Gasteiger partial charge < -0.3 is 10.1 Å². The van der Waals surface area contributed by atoms with Gasteiger partial charge >= 0.3 is 0 Å². The Labute approximate surface area is 163 Å². The van der Waals surface area contributed by atoms with E-state index in [1.807, 2.05) is 38.1 Å². The van der Waals surface area contributed by atoms with Crippen molar-refractivity contribution >= 4 is 17.4 Å². The maximum Gasteiger partial charge on any atom is 0.262 e. The molecular weight excluding hydrogens is 354 g/mol. The van der Waals surface area contributed by atoms with Crippen LogP contribution < -0.4 is 10.1 Å². The molecule has 3 aromatic rings. The average molecular weight is 375 g/mol. The van der Waals surface area contributed by atoms with Crippen molar-refractivity contribution in [2.75, 3.05) is 11.9 Å². The number of carbonyl (C=O) groups excluding carboxylic acids is 2. The first-order valence-corrected chi connectivity index (χ1v) is 8.87. The van der Waals surface area contributed by atoms with E-state index in [-0.39, 0.29) is 18.3 Å². The lowest BCUT2D eigenvalue weighted by atomic mass is 10.1. The molecule has 0 aliphatic carbocycles. The van der Waals surface area contributed by atoms with Crippen LogP contribution in [0.15, 0.2) is 54.6 Å². The van der Waals surface area contributed by atoms with Crippen LogP contribution in [0.3, 0.4) is 0 Å². The van der Waals surface area contributed by atoms with E-state index in [0.29, 0.717) is 23.0 Å². The van der Waals surface area contributed by atoms with Crippen LogP contribution in [0.1, 0.15) is 28.5 Å². The van der Waals surface area contributed by atoms with E-state index in [1.165, 1.54) is 6.92 Å². The van der Waals surface area contributed by atoms with Crippen molar-refractivity contribution in [2.24, 2.45) is 0 Å². The minimum absolute atomic E-state index is 0.0626. The number of hydrogen-bond acceptors (Lipinski definition) is 5. The number of rotatable bonds is 6. The number of hydrogen-bond donors (Lipinski definition) is 1. The minimum Gasteiger partial charge on any atom is -0.467 e. The summed E-state index contributed by atoms with van der Waals surface area (Å²) in [6, 6.07) is 16.3. The Morgan fingerprint density at radius 3 is 2.46 bits per heavy atom. The topological polar surface area (TPSA) is 81.2 Å². The van der Waals surface area contributed by atoms with Crippen molar-refractivity contribution < 1.29 is 14.3 Å². The Morgan fingerprint density at radius 1 is 1.00 bits per heavy atom. The summed E-state index contributed by atoms with van der Waals surface area (Å²) in [6.45, 7) is 5.14. The zero-order valence-electron chi connectivity index (χ0n) is 16.0. The summed E-state index contributed by atoms with van der Waals surface area (Å²) >= 11 is 0. The number of nitrogens with one attached hydrogen (secondary N) is 1. The molecule has 28 heavy (non-hydrogen) atoms. The second kappa shape index (κ2) is 8.43. The van der Waals surface area contributed by atoms with Crippen LogP contribution in [-0.2, 0) is 4.79 Å². The van der Waals surface area contributed by atoms with Gasteiger partial charge in [-0.3, -0.25) is 9.59 Å². The monoisotopic (exact) mass is 375 g/mol. The van der Waals surface area contributed by atoms with Crippen LogP contribution in [0.4, 0.5) is 5.69 Å². The highest BCUT2D eigenvalue weighted by atomic mass is 16.5. The van der Waals surface area contributed by atoms with Gasteiger partial charge in [0.15, 0.2) is 18.2 Å². The van der Waals surface area contributed by atoms with Crippen LogP contribution in [0.5, 0.6) is 5.88 Å². The van der Waals surface area contributed by atoms with Crippen molar-refractivity contribution in [3.63, 3.8) is 0 Å². The molecule has 0 atom stereocenters. The van der Waals surface area contributed by atoms with E-state index >= 15 is 0 Å². The fourth-order valence-corrected chi connectivity index (χ4v) is 2.60. The van der Waals surface area contributed by atoms with Gasteiger partial charge in [-0.05, 0) is 32.9 Å². The van der Waals surface area contributed by atoms with Gasteiger partial charge in [-0.1, -0.05) is 42.0 Å². The van der Waals surface area contributed by atoms with E-state index < -0.39 is 0 Å². The number of ketones is 1. The summed E-state index contributed by atoms with van der Waals surface area (Å²) in [5.74, 6) is 0.474. The molecule has 1 aromatic heterocycles. The number of aromatic nitrogens is 2. The maximum atomic E-state index is 12.2. The molecule has 3 rings (SSSR count). The van der Waals surface area contributed by atoms with Gasteiger partial charge in [0.05, 0.1) is 0 Å². The molecule has 2 aromatic carbocycles. The molecule has 0 spiro atoms. The number of amides is 1. The van der Waals surface area contributed by atoms with Crippen molar-refractivity contribution in [1.29, 1.82) is 0 Å². The van der Waals surface area contributed by atoms with E-state index in [2.05, 4.69) is 15.3 Å². The molecule has 6 heteroatoms. The first kappa shape index (κ1) is 19.2. The van der Waals surface area contributed by atoms with Gasteiger partial charge in [0.25, 0.3) is 5.91 Å². The number of nitrogens with zero attached hydrogens (tertiary/aromatic N) is 2. The number of carbonyl (C=O) groups is 2. The molecule has 0 bridgehead atoms. The molecule has 1 amide bonds. The van der Waals surface area contributed by atoms with E-state index in [1.54, 1.807) is 30.3 Å². The molecule has 0 radical (unpaired) electrons. The number of benzene rings is 2. The lowest BCUT2D eigenvalue weighted by Crippen LogP contribution is -2.20. The second-order valence-corrected chi connectivity index (χ2v) is 6.51. The Bertz CT molecular complexity index is 1010. The lowest BCUT2D eigenvalue weighted by molar-refractivity contribution is -0.118. The Balaban J connectivity index is 1.67. The molecule has 0 saturated carbocycles. The molecule has 142 valence electrons. The highest BCUT2D eigenvalue weighted by molar-refractivity contribution is 5.97. The van der Waals surface area contributed by atoms with Crippen molar-refractivity contribution in [3.05, 3.63) is 71.4 Å². The zero-order valence-corrected chi connectivity index (χ0v) is 16.0. The van der Waals surface area contributed by atoms with Crippen LogP contribution in [0, 0.1) is 13.8 Å². The second-order valence-electron chi connectivity index (χ2n) is 6.51. The third-order valence-electron chi connectivity index (χ3n) is 4.04. The highest BCUT2D eigenvalue weighted by Crippen LogP contribution is 2.19. The fourth-order valence-electron chi connectivity index (χ4n) is 2.60. The van der Waals surface area contributed by atoms with Gasteiger partial charge in [-0.15, -0.1) is 0 Å². The van der Waals surface area contributed by atoms with Crippen molar-refractivity contribution in [1.82, 2.24) is 9.97 Å². The first-order valence-electron chi connectivity index (χ1n) is 8.87. The van der Waals surface area contributed by atoms with Gasteiger partial charge in [-0.25, -0.2) is 4.98 Å². The molecule has 0 fully saturated rings. The Morgan fingerprint density at radius 2 is 1.75 bits per heavy atom. The van der Waals surface area contributed by atoms with Gasteiger partial charge in [0.1, 0.15) is 0 Å². The Hall–Kier alpha value is -3.54. The Kier molecular flexibility index (Phi) is 5.79. The number of anilines is 1. The van der Waals surface area contributed by atoms with Crippen molar-refractivity contribution in [3.8, 4) is 17.3 Å². The van der Waals surface area contributed by atoms with Crippen LogP contribution in [0.2, 0.25) is 0 Å². The van der Waals surface area contributed by atoms with Crippen LogP contribution >= 0.6 is 0 Å².